The van der Waals surface area contributed by atoms with Gasteiger partial charge >= 0.3 is 0 Å². The van der Waals surface area contributed by atoms with Crippen LogP contribution in [0.1, 0.15) is 38.8 Å². The molecule has 2 aromatic heterocycles. The van der Waals surface area contributed by atoms with Crippen molar-refractivity contribution in [1.29, 1.82) is 0 Å². The minimum atomic E-state index is -0.225. The first-order valence-corrected chi connectivity index (χ1v) is 7.34. The lowest BCUT2D eigenvalue weighted by atomic mass is 9.99. The lowest BCUT2D eigenvalue weighted by Gasteiger charge is -2.15. The van der Waals surface area contributed by atoms with Crippen LogP contribution >= 0.6 is 23.7 Å². The summed E-state index contributed by atoms with van der Waals surface area (Å²) in [5.74, 6) is 0.292. The maximum Gasteiger partial charge on any atom is 0.262 e. The van der Waals surface area contributed by atoms with Crippen molar-refractivity contribution in [2.45, 2.75) is 39.2 Å². The standard InChI is InChI=1S/C13H16N4O2S.ClH/c1-6-11(7(2)19-17-6)12(18)16-13-15-9-4-3-8(14)5-10(9)20-13;/h8H,3-5,14H2,1-2H3,(H,15,16,18);1H/t8-;/m0./s1. The molecule has 114 valence electrons. The molecular weight excluding hydrogens is 312 g/mol. The van der Waals surface area contributed by atoms with E-state index < -0.39 is 0 Å². The van der Waals surface area contributed by atoms with Crippen molar-refractivity contribution in [2.75, 3.05) is 5.32 Å². The molecule has 6 nitrogen and oxygen atoms in total. The quantitative estimate of drug-likeness (QED) is 0.881. The van der Waals surface area contributed by atoms with Crippen molar-refractivity contribution < 1.29 is 9.32 Å². The van der Waals surface area contributed by atoms with E-state index in [4.69, 9.17) is 10.3 Å². The minimum absolute atomic E-state index is 0. The van der Waals surface area contributed by atoms with Crippen LogP contribution in [0.15, 0.2) is 4.52 Å². The first-order valence-electron chi connectivity index (χ1n) is 6.53. The van der Waals surface area contributed by atoms with Crippen LogP contribution in [-0.2, 0) is 12.8 Å². The maximum absolute atomic E-state index is 12.2. The largest absolute Gasteiger partial charge is 0.361 e. The van der Waals surface area contributed by atoms with E-state index >= 15 is 0 Å². The number of aryl methyl sites for hydroxylation is 3. The number of halogens is 1. The summed E-state index contributed by atoms with van der Waals surface area (Å²) in [5.41, 5.74) is 8.08. The van der Waals surface area contributed by atoms with Crippen LogP contribution in [0, 0.1) is 13.8 Å². The topological polar surface area (TPSA) is 94.0 Å². The Labute approximate surface area is 132 Å². The van der Waals surface area contributed by atoms with Crippen LogP contribution in [0.25, 0.3) is 0 Å². The Morgan fingerprint density at radius 1 is 1.48 bits per heavy atom. The van der Waals surface area contributed by atoms with Gasteiger partial charge in [0, 0.05) is 10.9 Å². The molecule has 0 spiro atoms. The highest BCUT2D eigenvalue weighted by atomic mass is 35.5. The molecule has 1 aliphatic rings. The van der Waals surface area contributed by atoms with E-state index in [-0.39, 0.29) is 24.4 Å². The Kier molecular flexibility index (Phi) is 4.65. The zero-order chi connectivity index (χ0) is 14.3. The van der Waals surface area contributed by atoms with E-state index in [1.165, 1.54) is 16.2 Å². The van der Waals surface area contributed by atoms with Gasteiger partial charge < -0.3 is 10.3 Å². The summed E-state index contributed by atoms with van der Waals surface area (Å²) in [6, 6.07) is 0.203. The molecule has 3 N–H and O–H groups in total. The number of hydrogen-bond donors (Lipinski definition) is 2. The molecule has 2 aromatic rings. The van der Waals surface area contributed by atoms with Gasteiger partial charge in [-0.15, -0.1) is 23.7 Å². The Balaban J connectivity index is 0.00000161. The lowest BCUT2D eigenvalue weighted by molar-refractivity contribution is 0.102. The Morgan fingerprint density at radius 2 is 2.24 bits per heavy atom. The number of fused-ring (bicyclic) bond motifs is 1. The number of carbonyl (C=O) groups is 1. The third kappa shape index (κ3) is 3.09. The van der Waals surface area contributed by atoms with Gasteiger partial charge in [0.15, 0.2) is 5.13 Å². The molecule has 0 radical (unpaired) electrons. The van der Waals surface area contributed by atoms with E-state index in [1.807, 2.05) is 0 Å². The normalized spacial score (nSPS) is 17.0. The Morgan fingerprint density at radius 3 is 2.90 bits per heavy atom. The van der Waals surface area contributed by atoms with Crippen molar-refractivity contribution >= 4 is 34.8 Å². The van der Waals surface area contributed by atoms with Crippen LogP contribution in [0.3, 0.4) is 0 Å². The zero-order valence-electron chi connectivity index (χ0n) is 11.8. The molecule has 2 heterocycles. The molecule has 0 saturated carbocycles. The van der Waals surface area contributed by atoms with Crippen molar-refractivity contribution in [2.24, 2.45) is 5.73 Å². The van der Waals surface area contributed by atoms with Gasteiger partial charge in [-0.25, -0.2) is 4.98 Å². The smallest absolute Gasteiger partial charge is 0.262 e. The summed E-state index contributed by atoms with van der Waals surface area (Å²) in [4.78, 5) is 17.9. The molecular formula is C13H17ClN4O2S. The highest BCUT2D eigenvalue weighted by Gasteiger charge is 2.23. The number of carbonyl (C=O) groups excluding carboxylic acids is 1. The molecule has 1 atom stereocenters. The van der Waals surface area contributed by atoms with Gasteiger partial charge in [0.05, 0.1) is 11.4 Å². The highest BCUT2D eigenvalue weighted by molar-refractivity contribution is 7.15. The average molecular weight is 329 g/mol. The number of aromatic nitrogens is 2. The molecule has 0 aromatic carbocycles. The molecule has 3 rings (SSSR count). The summed E-state index contributed by atoms with van der Waals surface area (Å²) in [6.07, 6.45) is 2.68. The molecule has 0 unspecified atom stereocenters. The van der Waals surface area contributed by atoms with Gasteiger partial charge in [-0.1, -0.05) is 5.16 Å². The number of rotatable bonds is 2. The predicted octanol–water partition coefficient (Wildman–Crippen LogP) is 2.24. The van der Waals surface area contributed by atoms with E-state index in [2.05, 4.69) is 15.5 Å². The van der Waals surface area contributed by atoms with E-state index in [9.17, 15) is 4.79 Å². The predicted molar refractivity (Wildman–Crippen MR) is 83.3 cm³/mol. The second kappa shape index (κ2) is 6.13. The number of anilines is 1. The van der Waals surface area contributed by atoms with Crippen molar-refractivity contribution in [3.05, 3.63) is 27.6 Å². The monoisotopic (exact) mass is 328 g/mol. The zero-order valence-corrected chi connectivity index (χ0v) is 13.4. The van der Waals surface area contributed by atoms with Crippen molar-refractivity contribution in [3.8, 4) is 0 Å². The molecule has 21 heavy (non-hydrogen) atoms. The summed E-state index contributed by atoms with van der Waals surface area (Å²) in [7, 11) is 0. The molecule has 8 heteroatoms. The number of nitrogens with two attached hydrogens (primary N) is 1. The first-order chi connectivity index (χ1) is 9.54. The minimum Gasteiger partial charge on any atom is -0.361 e. The second-order valence-corrected chi connectivity index (χ2v) is 6.13. The number of hydrogen-bond acceptors (Lipinski definition) is 6. The summed E-state index contributed by atoms with van der Waals surface area (Å²) < 4.78 is 5.01. The number of amides is 1. The van der Waals surface area contributed by atoms with Crippen LogP contribution in [-0.4, -0.2) is 22.1 Å². The van der Waals surface area contributed by atoms with Gasteiger partial charge in [0.2, 0.25) is 0 Å². The van der Waals surface area contributed by atoms with Gasteiger partial charge in [-0.3, -0.25) is 10.1 Å². The Bertz CT molecular complexity index is 648. The lowest BCUT2D eigenvalue weighted by Crippen LogP contribution is -2.27. The van der Waals surface area contributed by atoms with Crippen LogP contribution in [0.4, 0.5) is 5.13 Å². The fourth-order valence-electron chi connectivity index (χ4n) is 2.42. The Hall–Kier alpha value is -1.44. The van der Waals surface area contributed by atoms with Gasteiger partial charge in [0.25, 0.3) is 5.91 Å². The third-order valence-corrected chi connectivity index (χ3v) is 4.49. The highest BCUT2D eigenvalue weighted by Crippen LogP contribution is 2.29. The molecule has 0 aliphatic heterocycles. The SMILES string of the molecule is Cc1noc(C)c1C(=O)Nc1nc2c(s1)C[C@@H](N)CC2.Cl. The molecule has 1 aliphatic carbocycles. The van der Waals surface area contributed by atoms with Gasteiger partial charge in [-0.05, 0) is 33.1 Å². The number of nitrogens with zero attached hydrogens (tertiary/aromatic N) is 2. The second-order valence-electron chi connectivity index (χ2n) is 5.05. The van der Waals surface area contributed by atoms with Crippen molar-refractivity contribution in [1.82, 2.24) is 10.1 Å². The van der Waals surface area contributed by atoms with Gasteiger partial charge in [0.1, 0.15) is 11.3 Å². The fraction of sp³-hybridized carbons (Fsp3) is 0.462. The van der Waals surface area contributed by atoms with Gasteiger partial charge in [-0.2, -0.15) is 0 Å². The van der Waals surface area contributed by atoms with Crippen LogP contribution < -0.4 is 11.1 Å². The summed E-state index contributed by atoms with van der Waals surface area (Å²) >= 11 is 1.50. The maximum atomic E-state index is 12.2. The number of nitrogens with one attached hydrogen (secondary N) is 1. The van der Waals surface area contributed by atoms with Crippen molar-refractivity contribution in [3.63, 3.8) is 0 Å². The molecule has 1 amide bonds. The molecule has 0 fully saturated rings. The number of thiazole rings is 1. The first kappa shape index (κ1) is 15.9. The van der Waals surface area contributed by atoms with E-state index in [0.29, 0.717) is 22.1 Å². The van der Waals surface area contributed by atoms with Crippen LogP contribution in [0.2, 0.25) is 0 Å². The summed E-state index contributed by atoms with van der Waals surface area (Å²) in [5, 5.41) is 7.23. The fourth-order valence-corrected chi connectivity index (χ4v) is 3.52. The summed E-state index contributed by atoms with van der Waals surface area (Å²) in [6.45, 7) is 3.47. The van der Waals surface area contributed by atoms with E-state index in [0.717, 1.165) is 25.0 Å². The molecule has 0 saturated heterocycles. The molecule has 0 bridgehead atoms. The average Bonchev–Trinajstić information content (AvgIpc) is 2.92. The van der Waals surface area contributed by atoms with Crippen LogP contribution in [0.5, 0.6) is 0 Å². The van der Waals surface area contributed by atoms with E-state index in [1.54, 1.807) is 13.8 Å². The third-order valence-electron chi connectivity index (χ3n) is 3.46.